The molecular formula is C38H43F8N3O4. The third-order valence-electron chi connectivity index (χ3n) is 10.8. The Morgan fingerprint density at radius 1 is 0.887 bits per heavy atom. The summed E-state index contributed by atoms with van der Waals surface area (Å²) >= 11 is 0. The van der Waals surface area contributed by atoms with Crippen LogP contribution in [-0.4, -0.2) is 97.5 Å². The molecule has 3 aromatic carbocycles. The molecule has 0 spiro atoms. The third-order valence-corrected chi connectivity index (χ3v) is 10.8. The molecule has 7 nitrogen and oxygen atoms in total. The van der Waals surface area contributed by atoms with Crippen molar-refractivity contribution in [3.63, 3.8) is 0 Å². The summed E-state index contributed by atoms with van der Waals surface area (Å²) in [4.78, 5) is 28.6. The summed E-state index contributed by atoms with van der Waals surface area (Å²) < 4.78 is 116. The van der Waals surface area contributed by atoms with E-state index in [2.05, 4.69) is 5.32 Å². The van der Waals surface area contributed by atoms with Gasteiger partial charge in [-0.25, -0.2) is 13.6 Å². The highest BCUT2D eigenvalue weighted by Crippen LogP contribution is 2.47. The van der Waals surface area contributed by atoms with Gasteiger partial charge in [-0.2, -0.15) is 26.3 Å². The van der Waals surface area contributed by atoms with E-state index in [1.54, 1.807) is 37.3 Å². The van der Waals surface area contributed by atoms with Crippen molar-refractivity contribution < 1.29 is 54.6 Å². The van der Waals surface area contributed by atoms with Crippen molar-refractivity contribution >= 4 is 22.6 Å². The topological polar surface area (TPSA) is 82.1 Å². The SMILES string of the molecule is COc1cccc(CCN2CCC(C)C(F)(F)CC2)c1-c1cccc2c(C[C@H](NC(=O)C3(C(F)(F)F)CCN(CC(F)(F)F)CC3)C(=O)O)cccc12. The molecule has 290 valence electrons. The molecule has 15 heteroatoms. The van der Waals surface area contributed by atoms with Gasteiger partial charge in [-0.1, -0.05) is 55.5 Å². The zero-order valence-electron chi connectivity index (χ0n) is 29.4. The lowest BCUT2D eigenvalue weighted by atomic mass is 9.76. The first kappa shape index (κ1) is 40.2. The molecule has 2 atom stereocenters. The largest absolute Gasteiger partial charge is 0.496 e. The first-order valence-corrected chi connectivity index (χ1v) is 17.5. The Morgan fingerprint density at radius 2 is 1.51 bits per heavy atom. The highest BCUT2D eigenvalue weighted by molar-refractivity contribution is 6.00. The van der Waals surface area contributed by atoms with Gasteiger partial charge in [-0.05, 0) is 78.8 Å². The molecule has 2 aliphatic rings. The molecule has 2 N–H and O–H groups in total. The van der Waals surface area contributed by atoms with Crippen molar-refractivity contribution in [2.45, 2.75) is 69.8 Å². The van der Waals surface area contributed by atoms with E-state index >= 15 is 0 Å². The van der Waals surface area contributed by atoms with Crippen LogP contribution in [0.4, 0.5) is 35.1 Å². The molecule has 5 rings (SSSR count). The van der Waals surface area contributed by atoms with E-state index in [-0.39, 0.29) is 19.4 Å². The molecule has 1 unspecified atom stereocenters. The van der Waals surface area contributed by atoms with Crippen molar-refractivity contribution in [1.29, 1.82) is 0 Å². The third kappa shape index (κ3) is 9.05. The Morgan fingerprint density at radius 3 is 2.15 bits per heavy atom. The lowest BCUT2D eigenvalue weighted by Crippen LogP contribution is -2.59. The predicted molar refractivity (Wildman–Crippen MR) is 183 cm³/mol. The minimum atomic E-state index is -5.14. The molecule has 2 aliphatic heterocycles. The second-order valence-corrected chi connectivity index (χ2v) is 14.1. The average molecular weight is 758 g/mol. The van der Waals surface area contributed by atoms with Gasteiger partial charge < -0.3 is 20.1 Å². The van der Waals surface area contributed by atoms with Gasteiger partial charge in [0, 0.05) is 37.4 Å². The lowest BCUT2D eigenvalue weighted by molar-refractivity contribution is -0.236. The normalized spacial score (nSPS) is 20.5. The van der Waals surface area contributed by atoms with E-state index in [1.165, 1.54) is 7.11 Å². The fraction of sp³-hybridized carbons (Fsp3) is 0.526. The Kier molecular flexibility index (Phi) is 12.0. The van der Waals surface area contributed by atoms with Crippen LogP contribution in [0.2, 0.25) is 0 Å². The number of rotatable bonds is 11. The number of halogens is 8. The smallest absolute Gasteiger partial charge is 0.403 e. The fourth-order valence-corrected chi connectivity index (χ4v) is 7.49. The number of carboxylic acid groups (broad SMARTS) is 1. The highest BCUT2D eigenvalue weighted by Gasteiger charge is 2.61. The molecular weight excluding hydrogens is 714 g/mol. The Hall–Kier alpha value is -3.98. The van der Waals surface area contributed by atoms with Gasteiger partial charge >= 0.3 is 18.3 Å². The van der Waals surface area contributed by atoms with E-state index in [4.69, 9.17) is 4.74 Å². The van der Waals surface area contributed by atoms with Gasteiger partial charge in [0.2, 0.25) is 5.91 Å². The number of hydrogen-bond donors (Lipinski definition) is 2. The number of carbonyl (C=O) groups excluding carboxylic acids is 1. The minimum Gasteiger partial charge on any atom is -0.496 e. The quantitative estimate of drug-likeness (QED) is 0.195. The number of carbonyl (C=O) groups is 2. The maximum Gasteiger partial charge on any atom is 0.403 e. The summed E-state index contributed by atoms with van der Waals surface area (Å²) in [7, 11) is 1.52. The maximum atomic E-state index is 14.4. The van der Waals surface area contributed by atoms with E-state index in [0.717, 1.165) is 21.6 Å². The van der Waals surface area contributed by atoms with Crippen LogP contribution in [0.25, 0.3) is 21.9 Å². The summed E-state index contributed by atoms with van der Waals surface area (Å²) in [6, 6.07) is 14.2. The number of fused-ring (bicyclic) bond motifs is 1. The van der Waals surface area contributed by atoms with Crippen LogP contribution in [0.5, 0.6) is 5.75 Å². The van der Waals surface area contributed by atoms with Gasteiger partial charge in [0.1, 0.15) is 17.2 Å². The van der Waals surface area contributed by atoms with Crippen molar-refractivity contribution in [1.82, 2.24) is 15.1 Å². The number of nitrogens with zero attached hydrogens (tertiary/aromatic N) is 2. The molecule has 1 amide bonds. The fourth-order valence-electron chi connectivity index (χ4n) is 7.49. The number of carboxylic acids is 1. The van der Waals surface area contributed by atoms with Crippen LogP contribution < -0.4 is 10.1 Å². The second kappa shape index (κ2) is 15.8. The number of piperidine rings is 1. The van der Waals surface area contributed by atoms with Crippen LogP contribution in [-0.2, 0) is 22.4 Å². The monoisotopic (exact) mass is 757 g/mol. The lowest BCUT2D eigenvalue weighted by Gasteiger charge is -2.42. The molecule has 0 bridgehead atoms. The summed E-state index contributed by atoms with van der Waals surface area (Å²) in [6.07, 6.45) is -11.4. The summed E-state index contributed by atoms with van der Waals surface area (Å²) in [5.74, 6) is -6.06. The molecule has 0 aliphatic carbocycles. The Balaban J connectivity index is 1.41. The van der Waals surface area contributed by atoms with Crippen LogP contribution in [0.1, 0.15) is 43.7 Å². The van der Waals surface area contributed by atoms with Crippen molar-refractivity contribution in [2.75, 3.05) is 46.4 Å². The number of alkyl halides is 8. The van der Waals surface area contributed by atoms with Crippen molar-refractivity contribution in [3.8, 4) is 16.9 Å². The number of nitrogens with one attached hydrogen (secondary N) is 1. The maximum absolute atomic E-state index is 14.4. The first-order valence-electron chi connectivity index (χ1n) is 17.5. The highest BCUT2D eigenvalue weighted by atomic mass is 19.4. The van der Waals surface area contributed by atoms with Gasteiger partial charge in [-0.3, -0.25) is 9.69 Å². The average Bonchev–Trinajstić information content (AvgIpc) is 3.22. The van der Waals surface area contributed by atoms with Gasteiger partial charge in [0.05, 0.1) is 13.7 Å². The molecule has 53 heavy (non-hydrogen) atoms. The molecule has 0 aromatic heterocycles. The van der Waals surface area contributed by atoms with Crippen LogP contribution >= 0.6 is 0 Å². The number of benzene rings is 3. The van der Waals surface area contributed by atoms with Crippen LogP contribution in [0.15, 0.2) is 54.6 Å². The number of hydrogen-bond acceptors (Lipinski definition) is 5. The van der Waals surface area contributed by atoms with E-state index < -0.39 is 80.0 Å². The van der Waals surface area contributed by atoms with Crippen molar-refractivity contribution in [2.24, 2.45) is 11.3 Å². The number of methoxy groups -OCH3 is 1. The van der Waals surface area contributed by atoms with E-state index in [1.807, 2.05) is 29.2 Å². The molecule has 2 saturated heterocycles. The molecule has 0 saturated carbocycles. The van der Waals surface area contributed by atoms with Crippen molar-refractivity contribution in [3.05, 3.63) is 65.7 Å². The van der Waals surface area contributed by atoms with E-state index in [0.29, 0.717) is 48.0 Å². The molecule has 3 aromatic rings. The second-order valence-electron chi connectivity index (χ2n) is 14.1. The minimum absolute atomic E-state index is 0.221. The summed E-state index contributed by atoms with van der Waals surface area (Å²) in [5.41, 5.74) is -0.264. The Bertz CT molecular complexity index is 1770. The zero-order chi connectivity index (χ0) is 38.8. The van der Waals surface area contributed by atoms with E-state index in [9.17, 15) is 49.8 Å². The molecule has 2 heterocycles. The summed E-state index contributed by atoms with van der Waals surface area (Å²) in [6.45, 7) is 0.185. The van der Waals surface area contributed by atoms with Gasteiger partial charge in [-0.15, -0.1) is 0 Å². The number of ether oxygens (including phenoxy) is 1. The van der Waals surface area contributed by atoms with Gasteiger partial charge in [0.15, 0.2) is 0 Å². The molecule has 0 radical (unpaired) electrons. The number of aliphatic carboxylic acids is 1. The van der Waals surface area contributed by atoms with Crippen LogP contribution in [0.3, 0.4) is 0 Å². The Labute approximate surface area is 302 Å². The van der Waals surface area contributed by atoms with Gasteiger partial charge in [0.25, 0.3) is 5.92 Å². The predicted octanol–water partition coefficient (Wildman–Crippen LogP) is 7.74. The first-order chi connectivity index (χ1) is 24.8. The number of amides is 1. The zero-order valence-corrected chi connectivity index (χ0v) is 29.4. The molecule has 2 fully saturated rings. The van der Waals surface area contributed by atoms with Crippen LogP contribution in [0, 0.1) is 11.3 Å². The standard InChI is InChI=1S/C38H43F8N3O4/c1-24-12-17-48(21-16-36(24,39)40)18-13-25-6-4-11-31(53-2)32(25)29-10-5-8-27-26(7-3-9-28(27)29)22-30(33(50)51)47-34(52)35(38(44,45)46)14-19-49(20-15-35)23-37(41,42)43/h3-11,24,30H,12-23H2,1-2H3,(H,47,52)(H,50,51)/t24?,30-/m0/s1. The summed E-state index contributed by atoms with van der Waals surface area (Å²) in [5, 5.41) is 13.4. The number of likely N-dealkylation sites (tertiary alicyclic amines) is 2.